The molecule has 1 aromatic rings. The summed E-state index contributed by atoms with van der Waals surface area (Å²) in [5.41, 5.74) is -1.75. The van der Waals surface area contributed by atoms with Crippen LogP contribution in [0.1, 0.15) is 20.3 Å². The van der Waals surface area contributed by atoms with E-state index in [1.807, 2.05) is 6.92 Å². The van der Waals surface area contributed by atoms with Crippen LogP contribution in [0, 0.1) is 17.8 Å². The number of hydrogen-bond donors (Lipinski definition) is 2. The number of ether oxygens (including phenoxy) is 2. The van der Waals surface area contributed by atoms with Gasteiger partial charge in [-0.05, 0) is 43.5 Å². The lowest BCUT2D eigenvalue weighted by Gasteiger charge is -2.37. The number of benzene rings is 1. The molecule has 6 atom stereocenters. The van der Waals surface area contributed by atoms with Crippen LogP contribution in [-0.2, 0) is 19.1 Å². The van der Waals surface area contributed by atoms with Gasteiger partial charge in [0.2, 0.25) is 5.91 Å². The minimum Gasteiger partial charge on any atom is -0.497 e. The number of rotatable bonds is 8. The van der Waals surface area contributed by atoms with E-state index in [0.29, 0.717) is 17.9 Å². The number of hydrogen-bond acceptors (Lipinski definition) is 6. The Morgan fingerprint density at radius 2 is 2.03 bits per heavy atom. The first-order chi connectivity index (χ1) is 15.7. The summed E-state index contributed by atoms with van der Waals surface area (Å²) in [6.45, 7) is 7.12. The van der Waals surface area contributed by atoms with E-state index >= 15 is 0 Å². The number of aliphatic hydroxyl groups excluding tert-OH is 1. The number of anilines is 1. The van der Waals surface area contributed by atoms with Crippen molar-refractivity contribution >= 4 is 23.5 Å². The van der Waals surface area contributed by atoms with Crippen molar-refractivity contribution in [3.05, 3.63) is 36.9 Å². The van der Waals surface area contributed by atoms with Gasteiger partial charge < -0.3 is 29.5 Å². The van der Waals surface area contributed by atoms with E-state index in [9.17, 15) is 24.6 Å². The van der Waals surface area contributed by atoms with Crippen LogP contribution in [0.25, 0.3) is 0 Å². The van der Waals surface area contributed by atoms with E-state index in [0.717, 1.165) is 0 Å². The number of likely N-dealkylation sites (tertiary alicyclic amines) is 1. The maximum absolute atomic E-state index is 14.1. The molecule has 3 saturated heterocycles. The summed E-state index contributed by atoms with van der Waals surface area (Å²) in [7, 11) is 1.55. The summed E-state index contributed by atoms with van der Waals surface area (Å²) in [5, 5.41) is 19.7. The molecule has 178 valence electrons. The van der Waals surface area contributed by atoms with Crippen molar-refractivity contribution < 1.29 is 34.1 Å². The fourth-order valence-corrected chi connectivity index (χ4v) is 6.10. The second-order valence-electron chi connectivity index (χ2n) is 9.23. The molecule has 1 aromatic carbocycles. The number of carbonyl (C=O) groups is 3. The number of carbonyl (C=O) groups excluding carboxylic acids is 2. The molecule has 4 rings (SSSR count). The Labute approximate surface area is 192 Å². The van der Waals surface area contributed by atoms with Crippen molar-refractivity contribution in [3.8, 4) is 5.75 Å². The number of aliphatic hydroxyl groups is 1. The van der Waals surface area contributed by atoms with Gasteiger partial charge >= 0.3 is 5.97 Å². The van der Waals surface area contributed by atoms with E-state index in [2.05, 4.69) is 6.58 Å². The molecule has 0 saturated carbocycles. The molecular formula is C24H30N2O7. The highest BCUT2D eigenvalue weighted by atomic mass is 16.5. The third-order valence-corrected chi connectivity index (χ3v) is 7.62. The quantitative estimate of drug-likeness (QED) is 0.564. The van der Waals surface area contributed by atoms with Gasteiger partial charge in [-0.1, -0.05) is 13.0 Å². The topological polar surface area (TPSA) is 117 Å². The summed E-state index contributed by atoms with van der Waals surface area (Å²) in [5.74, 6) is -3.56. The highest BCUT2D eigenvalue weighted by Gasteiger charge is 2.80. The number of β-amino-alcohol motifs (C(OH)–C–C–N with tert-alkyl or cyclic N) is 1. The first kappa shape index (κ1) is 23.3. The maximum Gasteiger partial charge on any atom is 0.310 e. The van der Waals surface area contributed by atoms with Crippen LogP contribution in [0.2, 0.25) is 0 Å². The molecule has 0 aliphatic carbocycles. The van der Waals surface area contributed by atoms with Gasteiger partial charge in [0.05, 0.1) is 25.2 Å². The van der Waals surface area contributed by atoms with E-state index in [1.165, 1.54) is 9.80 Å². The van der Waals surface area contributed by atoms with Crippen LogP contribution in [0.5, 0.6) is 5.75 Å². The third kappa shape index (κ3) is 3.17. The molecule has 3 aliphatic rings. The molecule has 3 fully saturated rings. The molecule has 3 aliphatic heterocycles. The van der Waals surface area contributed by atoms with Gasteiger partial charge in [-0.2, -0.15) is 0 Å². The van der Waals surface area contributed by atoms with Crippen molar-refractivity contribution in [1.82, 2.24) is 4.90 Å². The van der Waals surface area contributed by atoms with Crippen LogP contribution in [0.4, 0.5) is 5.69 Å². The Balaban J connectivity index is 1.81. The number of aliphatic carboxylic acids is 1. The average molecular weight is 459 g/mol. The third-order valence-electron chi connectivity index (χ3n) is 7.62. The van der Waals surface area contributed by atoms with Gasteiger partial charge in [-0.15, -0.1) is 6.58 Å². The van der Waals surface area contributed by atoms with Crippen LogP contribution in [0.15, 0.2) is 36.9 Å². The molecule has 0 radical (unpaired) electrons. The molecule has 2 bridgehead atoms. The predicted octanol–water partition coefficient (Wildman–Crippen LogP) is 1.30. The Bertz CT molecular complexity index is 980. The minimum absolute atomic E-state index is 0.0845. The lowest BCUT2D eigenvalue weighted by molar-refractivity contribution is -0.156. The summed E-state index contributed by atoms with van der Waals surface area (Å²) in [4.78, 5) is 42.7. The minimum atomic E-state index is -1.27. The average Bonchev–Trinajstić information content (AvgIpc) is 3.29. The number of fused-ring (bicyclic) bond motifs is 1. The van der Waals surface area contributed by atoms with Crippen LogP contribution in [-0.4, -0.2) is 76.9 Å². The summed E-state index contributed by atoms with van der Waals surface area (Å²) in [6, 6.07) is 5.87. The molecule has 2 amide bonds. The first-order valence-corrected chi connectivity index (χ1v) is 11.1. The van der Waals surface area contributed by atoms with E-state index in [1.54, 1.807) is 44.4 Å². The fraction of sp³-hybridized carbons (Fsp3) is 0.542. The normalized spacial score (nSPS) is 34.3. The number of carboxylic acids is 1. The Hall–Kier alpha value is -2.91. The summed E-state index contributed by atoms with van der Waals surface area (Å²) in [6.07, 6.45) is 1.97. The molecule has 2 N–H and O–H groups in total. The van der Waals surface area contributed by atoms with Gasteiger partial charge in [-0.3, -0.25) is 14.4 Å². The van der Waals surface area contributed by atoms with Gasteiger partial charge in [-0.25, -0.2) is 0 Å². The first-order valence-electron chi connectivity index (χ1n) is 11.1. The zero-order chi connectivity index (χ0) is 24.1. The summed E-state index contributed by atoms with van der Waals surface area (Å²) >= 11 is 0. The van der Waals surface area contributed by atoms with E-state index in [4.69, 9.17) is 9.47 Å². The van der Waals surface area contributed by atoms with Gasteiger partial charge in [0, 0.05) is 18.8 Å². The zero-order valence-electron chi connectivity index (χ0n) is 19.1. The monoisotopic (exact) mass is 458 g/mol. The van der Waals surface area contributed by atoms with Crippen molar-refractivity contribution in [2.75, 3.05) is 31.7 Å². The number of nitrogens with zero attached hydrogens (tertiary/aromatic N) is 2. The van der Waals surface area contributed by atoms with E-state index < -0.39 is 46.9 Å². The molecular weight excluding hydrogens is 428 g/mol. The smallest absolute Gasteiger partial charge is 0.310 e. The maximum atomic E-state index is 14.1. The fourth-order valence-electron chi connectivity index (χ4n) is 6.10. The number of carboxylic acid groups (broad SMARTS) is 1. The number of methoxy groups -OCH3 is 1. The standard InChI is InChI=1S/C24H30N2O7/c1-5-10-25(15-6-8-16(32-4)9-7-15)21(29)19-24-13-14(2)23(3,33-24)18(22(30)31)17(24)20(28)26(19)11-12-27/h5-9,14,17-19,27H,1,10-13H2,2-4H3,(H,30,31)/t14?,17-,18-,19?,23+,24?/m0/s1. The predicted molar refractivity (Wildman–Crippen MR) is 119 cm³/mol. The van der Waals surface area contributed by atoms with Crippen molar-refractivity contribution in [2.45, 2.75) is 37.5 Å². The molecule has 1 spiro atoms. The lowest BCUT2D eigenvalue weighted by atomic mass is 9.62. The van der Waals surface area contributed by atoms with Gasteiger partial charge in [0.15, 0.2) is 0 Å². The van der Waals surface area contributed by atoms with Crippen LogP contribution >= 0.6 is 0 Å². The molecule has 3 heterocycles. The molecule has 0 aromatic heterocycles. The van der Waals surface area contributed by atoms with Crippen LogP contribution < -0.4 is 9.64 Å². The Morgan fingerprint density at radius 3 is 2.58 bits per heavy atom. The summed E-state index contributed by atoms with van der Waals surface area (Å²) < 4.78 is 11.6. The highest BCUT2D eigenvalue weighted by Crippen LogP contribution is 2.65. The molecule has 3 unspecified atom stereocenters. The van der Waals surface area contributed by atoms with Crippen LogP contribution in [0.3, 0.4) is 0 Å². The molecule has 9 nitrogen and oxygen atoms in total. The second kappa shape index (κ2) is 8.14. The highest BCUT2D eigenvalue weighted by molar-refractivity contribution is 6.04. The Morgan fingerprint density at radius 1 is 1.36 bits per heavy atom. The Kier molecular flexibility index (Phi) is 5.74. The lowest BCUT2D eigenvalue weighted by Crippen LogP contribution is -2.57. The van der Waals surface area contributed by atoms with Crippen molar-refractivity contribution in [2.24, 2.45) is 17.8 Å². The van der Waals surface area contributed by atoms with E-state index in [-0.39, 0.29) is 25.6 Å². The van der Waals surface area contributed by atoms with Gasteiger partial charge in [0.1, 0.15) is 23.3 Å². The van der Waals surface area contributed by atoms with Crippen molar-refractivity contribution in [3.63, 3.8) is 0 Å². The zero-order valence-corrected chi connectivity index (χ0v) is 19.1. The second-order valence-corrected chi connectivity index (χ2v) is 9.23. The van der Waals surface area contributed by atoms with Crippen molar-refractivity contribution in [1.29, 1.82) is 0 Å². The largest absolute Gasteiger partial charge is 0.497 e. The molecule has 9 heteroatoms. The number of amides is 2. The SMILES string of the molecule is C=CCN(C(=O)C1N(CCO)C(=O)[C@@H]2[C@@H](C(=O)O)[C@]3(C)OC12CC3C)c1ccc(OC)cc1. The van der Waals surface area contributed by atoms with Gasteiger partial charge in [0.25, 0.3) is 5.91 Å². The molecule has 33 heavy (non-hydrogen) atoms.